The van der Waals surface area contributed by atoms with Gasteiger partial charge in [-0.1, -0.05) is 23.2 Å². The summed E-state index contributed by atoms with van der Waals surface area (Å²) in [6, 6.07) is 7.16. The van der Waals surface area contributed by atoms with Crippen LogP contribution in [-0.4, -0.2) is 25.7 Å². The number of methoxy groups -OCH3 is 2. The molecule has 1 aromatic heterocycles. The van der Waals surface area contributed by atoms with Gasteiger partial charge in [0.2, 0.25) is 0 Å². The Morgan fingerprint density at radius 2 is 1.62 bits per heavy atom. The Morgan fingerprint density at radius 1 is 1.00 bits per heavy atom. The number of nitrogens with zero attached hydrogens (tertiary/aromatic N) is 1. The molecule has 1 aromatic carbocycles. The molecule has 0 aliphatic carbocycles. The molecule has 6 heteroatoms. The van der Waals surface area contributed by atoms with E-state index in [0.29, 0.717) is 33.1 Å². The van der Waals surface area contributed by atoms with Gasteiger partial charge in [-0.25, -0.2) is 4.98 Å². The summed E-state index contributed by atoms with van der Waals surface area (Å²) in [5.74, 6) is 1.93. The first-order valence-corrected chi connectivity index (χ1v) is 7.18. The Bertz CT molecular complexity index is 626. The number of hydrogen-bond acceptors (Lipinski definition) is 4. The summed E-state index contributed by atoms with van der Waals surface area (Å²) in [6.45, 7) is 2.69. The molecule has 0 fully saturated rings. The highest BCUT2D eigenvalue weighted by atomic mass is 35.5. The summed E-state index contributed by atoms with van der Waals surface area (Å²) in [5, 5.41) is 4.06. The Hall–Kier alpha value is -1.65. The average Bonchev–Trinajstić information content (AvgIpc) is 2.49. The molecule has 2 rings (SSSR count). The SMILES string of the molecule is CCNc1nc(-c2cc(OC)cc(OC)c2)c(Cl)cc1Cl. The molecular formula is C15H16Cl2N2O2. The van der Waals surface area contributed by atoms with Crippen LogP contribution in [0.1, 0.15) is 6.92 Å². The molecule has 1 N–H and O–H groups in total. The minimum Gasteiger partial charge on any atom is -0.497 e. The third kappa shape index (κ3) is 3.52. The number of pyridine rings is 1. The molecule has 0 radical (unpaired) electrons. The lowest BCUT2D eigenvalue weighted by Crippen LogP contribution is -2.01. The molecule has 0 spiro atoms. The van der Waals surface area contributed by atoms with Gasteiger partial charge < -0.3 is 14.8 Å². The van der Waals surface area contributed by atoms with Gasteiger partial charge in [-0.15, -0.1) is 0 Å². The maximum Gasteiger partial charge on any atom is 0.145 e. The highest BCUT2D eigenvalue weighted by Crippen LogP contribution is 2.35. The molecule has 1 heterocycles. The zero-order chi connectivity index (χ0) is 15.4. The van der Waals surface area contributed by atoms with Crippen LogP contribution in [0.3, 0.4) is 0 Å². The molecule has 0 saturated carbocycles. The topological polar surface area (TPSA) is 43.4 Å². The number of hydrogen-bond donors (Lipinski definition) is 1. The Kier molecular flexibility index (Phi) is 5.15. The second-order valence-corrected chi connectivity index (χ2v) is 5.10. The predicted octanol–water partition coefficient (Wildman–Crippen LogP) is 4.50. The highest BCUT2D eigenvalue weighted by Gasteiger charge is 2.13. The van der Waals surface area contributed by atoms with E-state index in [1.54, 1.807) is 26.4 Å². The lowest BCUT2D eigenvalue weighted by atomic mass is 10.1. The summed E-state index contributed by atoms with van der Waals surface area (Å²) < 4.78 is 10.5. The van der Waals surface area contributed by atoms with Crippen LogP contribution in [0.15, 0.2) is 24.3 Å². The van der Waals surface area contributed by atoms with Crippen molar-refractivity contribution in [2.75, 3.05) is 26.1 Å². The van der Waals surface area contributed by atoms with E-state index in [0.717, 1.165) is 12.1 Å². The van der Waals surface area contributed by atoms with Gasteiger partial charge in [-0.05, 0) is 25.1 Å². The molecule has 0 bridgehead atoms. The van der Waals surface area contributed by atoms with Crippen LogP contribution >= 0.6 is 23.2 Å². The van der Waals surface area contributed by atoms with Crippen LogP contribution in [0.25, 0.3) is 11.3 Å². The van der Waals surface area contributed by atoms with Crippen molar-refractivity contribution in [2.45, 2.75) is 6.92 Å². The van der Waals surface area contributed by atoms with Gasteiger partial charge in [-0.2, -0.15) is 0 Å². The van der Waals surface area contributed by atoms with E-state index in [-0.39, 0.29) is 0 Å². The van der Waals surface area contributed by atoms with E-state index in [9.17, 15) is 0 Å². The Morgan fingerprint density at radius 3 is 2.14 bits per heavy atom. The number of aromatic nitrogens is 1. The van der Waals surface area contributed by atoms with Crippen LogP contribution in [0.5, 0.6) is 11.5 Å². The number of halogens is 2. The largest absolute Gasteiger partial charge is 0.497 e. The van der Waals surface area contributed by atoms with E-state index in [4.69, 9.17) is 32.7 Å². The third-order valence-corrected chi connectivity index (χ3v) is 3.47. The van der Waals surface area contributed by atoms with Gasteiger partial charge >= 0.3 is 0 Å². The monoisotopic (exact) mass is 326 g/mol. The fourth-order valence-corrected chi connectivity index (χ4v) is 2.44. The van der Waals surface area contributed by atoms with Crippen molar-refractivity contribution >= 4 is 29.0 Å². The first-order valence-electron chi connectivity index (χ1n) is 6.42. The van der Waals surface area contributed by atoms with Crippen LogP contribution in [-0.2, 0) is 0 Å². The first kappa shape index (κ1) is 15.7. The van der Waals surface area contributed by atoms with Crippen LogP contribution in [0.2, 0.25) is 10.0 Å². The zero-order valence-electron chi connectivity index (χ0n) is 12.0. The fraction of sp³-hybridized carbons (Fsp3) is 0.267. The van der Waals surface area contributed by atoms with Crippen LogP contribution < -0.4 is 14.8 Å². The molecule has 4 nitrogen and oxygen atoms in total. The van der Waals surface area contributed by atoms with E-state index < -0.39 is 0 Å². The molecule has 0 amide bonds. The quantitative estimate of drug-likeness (QED) is 0.878. The molecule has 2 aromatic rings. The second-order valence-electron chi connectivity index (χ2n) is 4.28. The van der Waals surface area contributed by atoms with Crippen LogP contribution in [0, 0.1) is 0 Å². The normalized spacial score (nSPS) is 10.3. The van der Waals surface area contributed by atoms with Crippen LogP contribution in [0.4, 0.5) is 5.82 Å². The number of ether oxygens (including phenoxy) is 2. The standard InChI is InChI=1S/C15H16Cl2N2O2/c1-4-18-15-13(17)8-12(16)14(19-15)9-5-10(20-2)7-11(6-9)21-3/h5-8H,4H2,1-3H3,(H,18,19). The van der Waals surface area contributed by atoms with Gasteiger partial charge in [0.25, 0.3) is 0 Å². The minimum atomic E-state index is 0.469. The number of rotatable bonds is 5. The van der Waals surface area contributed by atoms with Crippen molar-refractivity contribution in [3.05, 3.63) is 34.3 Å². The van der Waals surface area contributed by atoms with Gasteiger partial charge in [0.05, 0.1) is 30.0 Å². The lowest BCUT2D eigenvalue weighted by Gasteiger charge is -2.12. The zero-order valence-corrected chi connectivity index (χ0v) is 13.5. The number of nitrogens with one attached hydrogen (secondary N) is 1. The molecule has 0 aliphatic heterocycles. The molecular weight excluding hydrogens is 311 g/mol. The summed E-state index contributed by atoms with van der Waals surface area (Å²) in [4.78, 5) is 4.50. The van der Waals surface area contributed by atoms with Crippen molar-refractivity contribution in [3.63, 3.8) is 0 Å². The Balaban J connectivity index is 2.57. The third-order valence-electron chi connectivity index (χ3n) is 2.90. The summed E-state index contributed by atoms with van der Waals surface area (Å²) in [7, 11) is 3.19. The van der Waals surface area contributed by atoms with Crippen molar-refractivity contribution in [3.8, 4) is 22.8 Å². The van der Waals surface area contributed by atoms with Crippen molar-refractivity contribution in [1.29, 1.82) is 0 Å². The van der Waals surface area contributed by atoms with Gasteiger partial charge in [0.15, 0.2) is 0 Å². The Labute approximate surface area is 134 Å². The lowest BCUT2D eigenvalue weighted by molar-refractivity contribution is 0.394. The highest BCUT2D eigenvalue weighted by molar-refractivity contribution is 6.37. The molecule has 0 unspecified atom stereocenters. The van der Waals surface area contributed by atoms with Gasteiger partial charge in [0, 0.05) is 18.2 Å². The number of benzene rings is 1. The molecule has 112 valence electrons. The maximum absolute atomic E-state index is 6.27. The second kappa shape index (κ2) is 6.87. The average molecular weight is 327 g/mol. The predicted molar refractivity (Wildman–Crippen MR) is 87.0 cm³/mol. The van der Waals surface area contributed by atoms with Crippen molar-refractivity contribution < 1.29 is 9.47 Å². The summed E-state index contributed by atoms with van der Waals surface area (Å²) in [5.41, 5.74) is 1.42. The molecule has 0 atom stereocenters. The van der Waals surface area contributed by atoms with E-state index >= 15 is 0 Å². The maximum atomic E-state index is 6.27. The fourth-order valence-electron chi connectivity index (χ4n) is 1.90. The van der Waals surface area contributed by atoms with Gasteiger partial charge in [-0.3, -0.25) is 0 Å². The first-order chi connectivity index (χ1) is 10.1. The molecule has 21 heavy (non-hydrogen) atoms. The smallest absolute Gasteiger partial charge is 0.145 e. The number of anilines is 1. The van der Waals surface area contributed by atoms with E-state index in [1.807, 2.05) is 19.1 Å². The van der Waals surface area contributed by atoms with Crippen molar-refractivity contribution in [1.82, 2.24) is 4.98 Å². The summed E-state index contributed by atoms with van der Waals surface area (Å²) in [6.07, 6.45) is 0. The molecule has 0 saturated heterocycles. The van der Waals surface area contributed by atoms with Crippen molar-refractivity contribution in [2.24, 2.45) is 0 Å². The molecule has 0 aliphatic rings. The van der Waals surface area contributed by atoms with Gasteiger partial charge in [0.1, 0.15) is 17.3 Å². The van der Waals surface area contributed by atoms with E-state index in [1.165, 1.54) is 0 Å². The van der Waals surface area contributed by atoms with E-state index in [2.05, 4.69) is 10.3 Å². The minimum absolute atomic E-state index is 0.469. The summed E-state index contributed by atoms with van der Waals surface area (Å²) >= 11 is 12.4.